The van der Waals surface area contributed by atoms with Gasteiger partial charge in [0.25, 0.3) is 5.91 Å². The first-order valence-corrected chi connectivity index (χ1v) is 9.02. The van der Waals surface area contributed by atoms with Crippen molar-refractivity contribution in [3.63, 3.8) is 0 Å². The van der Waals surface area contributed by atoms with Gasteiger partial charge in [-0.1, -0.05) is 54.1 Å². The highest BCUT2D eigenvalue weighted by Gasteiger charge is 2.49. The van der Waals surface area contributed by atoms with Crippen LogP contribution in [0.1, 0.15) is 12.5 Å². The van der Waals surface area contributed by atoms with Crippen molar-refractivity contribution in [3.05, 3.63) is 65.2 Å². The van der Waals surface area contributed by atoms with Crippen molar-refractivity contribution in [1.82, 2.24) is 10.2 Å². The van der Waals surface area contributed by atoms with Gasteiger partial charge in [0.2, 0.25) is 0 Å². The van der Waals surface area contributed by atoms with Gasteiger partial charge < -0.3 is 14.8 Å². The Balaban J connectivity index is 1.52. The number of rotatable bonds is 7. The number of urea groups is 1. The van der Waals surface area contributed by atoms with E-state index < -0.39 is 30.0 Å². The highest BCUT2D eigenvalue weighted by Crippen LogP contribution is 2.28. The summed E-state index contributed by atoms with van der Waals surface area (Å²) in [6.45, 7) is 1.19. The van der Waals surface area contributed by atoms with E-state index >= 15 is 0 Å². The monoisotopic (exact) mass is 402 g/mol. The predicted molar refractivity (Wildman–Crippen MR) is 102 cm³/mol. The number of carbonyl (C=O) groups is 3. The summed E-state index contributed by atoms with van der Waals surface area (Å²) in [5.74, 6) is -0.732. The fourth-order valence-corrected chi connectivity index (χ4v) is 3.04. The van der Waals surface area contributed by atoms with Gasteiger partial charge in [-0.05, 0) is 24.6 Å². The summed E-state index contributed by atoms with van der Waals surface area (Å²) in [6, 6.07) is 15.1. The van der Waals surface area contributed by atoms with Crippen molar-refractivity contribution in [2.45, 2.75) is 12.5 Å². The van der Waals surface area contributed by atoms with Crippen LogP contribution < -0.4 is 10.1 Å². The van der Waals surface area contributed by atoms with Crippen molar-refractivity contribution < 1.29 is 23.9 Å². The lowest BCUT2D eigenvalue weighted by molar-refractivity contribution is -0.148. The summed E-state index contributed by atoms with van der Waals surface area (Å²) in [5.41, 5.74) is -0.580. The van der Waals surface area contributed by atoms with Crippen LogP contribution in [0.25, 0.3) is 0 Å². The van der Waals surface area contributed by atoms with E-state index in [9.17, 15) is 14.4 Å². The molecule has 0 bridgehead atoms. The van der Waals surface area contributed by atoms with Crippen molar-refractivity contribution >= 4 is 29.5 Å². The van der Waals surface area contributed by atoms with Crippen LogP contribution in [0, 0.1) is 0 Å². The number of carbonyl (C=O) groups excluding carboxylic acids is 3. The average molecular weight is 403 g/mol. The molecular weight excluding hydrogens is 384 g/mol. The molecule has 1 fully saturated rings. The lowest BCUT2D eigenvalue weighted by Crippen LogP contribution is -2.41. The minimum Gasteiger partial charge on any atom is -0.488 e. The molecule has 3 amide bonds. The first-order valence-electron chi connectivity index (χ1n) is 8.64. The number of esters is 1. The number of imide groups is 1. The smallest absolute Gasteiger partial charge is 0.326 e. The Labute approximate surface area is 167 Å². The average Bonchev–Trinajstić information content (AvgIpc) is 2.91. The number of hydrogen-bond donors (Lipinski definition) is 1. The fraction of sp³-hybridized carbons (Fsp3) is 0.250. The molecule has 3 rings (SSSR count). The normalized spacial score (nSPS) is 18.7. The van der Waals surface area contributed by atoms with Crippen molar-refractivity contribution in [3.8, 4) is 5.75 Å². The zero-order chi connectivity index (χ0) is 20.1. The van der Waals surface area contributed by atoms with Gasteiger partial charge in [0.05, 0.1) is 5.02 Å². The first-order chi connectivity index (χ1) is 13.4. The number of benzene rings is 2. The summed E-state index contributed by atoms with van der Waals surface area (Å²) >= 11 is 5.97. The molecule has 0 radical (unpaired) electrons. The third-order valence-corrected chi connectivity index (χ3v) is 4.67. The number of hydrogen-bond acceptors (Lipinski definition) is 5. The Morgan fingerprint density at radius 1 is 1.07 bits per heavy atom. The molecule has 28 heavy (non-hydrogen) atoms. The number of amides is 3. The van der Waals surface area contributed by atoms with E-state index in [1.807, 2.05) is 6.07 Å². The number of ether oxygens (including phenoxy) is 2. The molecule has 1 aliphatic heterocycles. The molecule has 0 aliphatic carbocycles. The van der Waals surface area contributed by atoms with Crippen LogP contribution in [0.15, 0.2) is 54.6 Å². The van der Waals surface area contributed by atoms with Gasteiger partial charge in [0, 0.05) is 0 Å². The van der Waals surface area contributed by atoms with Gasteiger partial charge in [-0.25, -0.2) is 4.79 Å². The molecule has 0 spiro atoms. The van der Waals surface area contributed by atoms with Crippen LogP contribution in [0.2, 0.25) is 5.02 Å². The molecule has 2 aromatic carbocycles. The van der Waals surface area contributed by atoms with Gasteiger partial charge in [-0.15, -0.1) is 0 Å². The van der Waals surface area contributed by atoms with Gasteiger partial charge >= 0.3 is 12.0 Å². The van der Waals surface area contributed by atoms with Gasteiger partial charge in [0.15, 0.2) is 0 Å². The van der Waals surface area contributed by atoms with Gasteiger partial charge in [0.1, 0.15) is 31.0 Å². The van der Waals surface area contributed by atoms with Crippen LogP contribution in [0.4, 0.5) is 4.79 Å². The van der Waals surface area contributed by atoms with Gasteiger partial charge in [-0.3, -0.25) is 14.5 Å². The summed E-state index contributed by atoms with van der Waals surface area (Å²) in [7, 11) is 0. The van der Waals surface area contributed by atoms with E-state index in [0.717, 1.165) is 4.90 Å². The predicted octanol–water partition coefficient (Wildman–Crippen LogP) is 2.73. The van der Waals surface area contributed by atoms with E-state index in [1.165, 1.54) is 0 Å². The molecule has 0 aromatic heterocycles. The van der Waals surface area contributed by atoms with Crippen molar-refractivity contribution in [1.29, 1.82) is 0 Å². The first kappa shape index (κ1) is 19.7. The lowest BCUT2D eigenvalue weighted by Gasteiger charge is -2.21. The molecule has 0 unspecified atom stereocenters. The molecule has 1 saturated heterocycles. The molecule has 1 aliphatic rings. The molecule has 2 aromatic rings. The standard InChI is InChI=1S/C20H19ClN2O5/c1-20(14-7-3-2-4-8-14)18(25)23(19(26)22-20)13-17(24)28-12-11-27-16-10-6-5-9-15(16)21/h2-10H,11-13H2,1H3,(H,22,26)/t20-/m1/s1. The second-order valence-corrected chi connectivity index (χ2v) is 6.72. The quantitative estimate of drug-likeness (QED) is 0.437. The Hall–Kier alpha value is -3.06. The molecule has 1 atom stereocenters. The molecule has 1 heterocycles. The van der Waals surface area contributed by atoms with Gasteiger partial charge in [-0.2, -0.15) is 0 Å². The second kappa shape index (κ2) is 8.31. The zero-order valence-corrected chi connectivity index (χ0v) is 15.9. The topological polar surface area (TPSA) is 84.9 Å². The Kier molecular flexibility index (Phi) is 5.84. The maximum Gasteiger partial charge on any atom is 0.326 e. The third kappa shape index (κ3) is 4.09. The summed E-state index contributed by atoms with van der Waals surface area (Å²) in [4.78, 5) is 37.8. The molecular formula is C20H19ClN2O5. The third-order valence-electron chi connectivity index (χ3n) is 4.35. The number of halogens is 1. The number of para-hydroxylation sites is 1. The zero-order valence-electron chi connectivity index (χ0n) is 15.2. The van der Waals surface area contributed by atoms with Crippen LogP contribution in [0.3, 0.4) is 0 Å². The van der Waals surface area contributed by atoms with E-state index in [4.69, 9.17) is 21.1 Å². The SMILES string of the molecule is C[C@]1(c2ccccc2)NC(=O)N(CC(=O)OCCOc2ccccc2Cl)C1=O. The number of nitrogens with one attached hydrogen (secondary N) is 1. The Morgan fingerprint density at radius 3 is 2.46 bits per heavy atom. The van der Waals surface area contributed by atoms with Crippen molar-refractivity contribution in [2.75, 3.05) is 19.8 Å². The maximum atomic E-state index is 12.7. The second-order valence-electron chi connectivity index (χ2n) is 6.31. The highest BCUT2D eigenvalue weighted by atomic mass is 35.5. The Morgan fingerprint density at radius 2 is 1.75 bits per heavy atom. The lowest BCUT2D eigenvalue weighted by atomic mass is 9.92. The van der Waals surface area contributed by atoms with Crippen molar-refractivity contribution in [2.24, 2.45) is 0 Å². The van der Waals surface area contributed by atoms with E-state index in [1.54, 1.807) is 55.5 Å². The van der Waals surface area contributed by atoms with Crippen LogP contribution in [-0.4, -0.2) is 42.6 Å². The largest absolute Gasteiger partial charge is 0.488 e. The number of nitrogens with zero attached hydrogens (tertiary/aromatic N) is 1. The van der Waals surface area contributed by atoms with Crippen LogP contribution in [-0.2, 0) is 19.9 Å². The van der Waals surface area contributed by atoms with E-state index in [-0.39, 0.29) is 13.2 Å². The molecule has 7 nitrogen and oxygen atoms in total. The Bertz CT molecular complexity index is 889. The van der Waals surface area contributed by atoms with E-state index in [2.05, 4.69) is 5.32 Å². The summed E-state index contributed by atoms with van der Waals surface area (Å²) in [5, 5.41) is 3.09. The minimum absolute atomic E-state index is 0.0380. The molecule has 146 valence electrons. The molecule has 0 saturated carbocycles. The molecule has 8 heteroatoms. The minimum atomic E-state index is -1.22. The highest BCUT2D eigenvalue weighted by molar-refractivity contribution is 6.32. The summed E-state index contributed by atoms with van der Waals surface area (Å²) < 4.78 is 10.5. The maximum absolute atomic E-state index is 12.7. The molecule has 1 N–H and O–H groups in total. The fourth-order valence-electron chi connectivity index (χ4n) is 2.85. The van der Waals surface area contributed by atoms with Crippen LogP contribution in [0.5, 0.6) is 5.75 Å². The van der Waals surface area contributed by atoms with Crippen LogP contribution >= 0.6 is 11.6 Å². The van der Waals surface area contributed by atoms with E-state index in [0.29, 0.717) is 16.3 Å². The summed E-state index contributed by atoms with van der Waals surface area (Å²) in [6.07, 6.45) is 0.